The van der Waals surface area contributed by atoms with E-state index in [4.69, 9.17) is 0 Å². The molecule has 0 aliphatic heterocycles. The van der Waals surface area contributed by atoms with E-state index < -0.39 is 0 Å². The van der Waals surface area contributed by atoms with Crippen LogP contribution < -0.4 is 5.32 Å². The molecule has 0 spiro atoms. The van der Waals surface area contributed by atoms with Gasteiger partial charge in [-0.3, -0.25) is 0 Å². The first-order valence-corrected chi connectivity index (χ1v) is 7.05. The number of rotatable bonds is 3. The van der Waals surface area contributed by atoms with Crippen LogP contribution >= 0.6 is 33.9 Å². The number of hydrogen-bond donors (Lipinski definition) is 1. The van der Waals surface area contributed by atoms with Gasteiger partial charge in [0.25, 0.3) is 0 Å². The van der Waals surface area contributed by atoms with Gasteiger partial charge < -0.3 is 5.32 Å². The first-order valence-electron chi connectivity index (χ1n) is 5.09. The molecule has 1 aromatic heterocycles. The molecule has 0 bridgehead atoms. The van der Waals surface area contributed by atoms with Crippen molar-refractivity contribution in [1.82, 2.24) is 4.98 Å². The molecular weight excluding hydrogens is 331 g/mol. The highest BCUT2D eigenvalue weighted by Gasteiger charge is 2.07. The lowest BCUT2D eigenvalue weighted by molar-refractivity contribution is 0.869. The summed E-state index contributed by atoms with van der Waals surface area (Å²) in [7, 11) is 0. The average molecular weight is 344 g/mol. The van der Waals surface area contributed by atoms with Gasteiger partial charge in [0.1, 0.15) is 5.01 Å². The second kappa shape index (κ2) is 5.14. The Hall–Kier alpha value is -0.620. The summed E-state index contributed by atoms with van der Waals surface area (Å²) < 4.78 is 1.29. The maximum atomic E-state index is 4.31. The fourth-order valence-corrected chi connectivity index (χ4v) is 2.60. The highest BCUT2D eigenvalue weighted by atomic mass is 127. The first kappa shape index (κ1) is 11.9. The largest absolute Gasteiger partial charge is 0.376 e. The molecule has 1 atom stereocenters. The molecule has 84 valence electrons. The number of aromatic nitrogens is 1. The summed E-state index contributed by atoms with van der Waals surface area (Å²) in [4.78, 5) is 4.31. The minimum atomic E-state index is 0.263. The van der Waals surface area contributed by atoms with Crippen molar-refractivity contribution in [3.05, 3.63) is 43.9 Å². The average Bonchev–Trinajstić information content (AvgIpc) is 2.77. The summed E-state index contributed by atoms with van der Waals surface area (Å²) in [5, 5.41) is 6.58. The molecule has 4 heteroatoms. The Bertz CT molecular complexity index is 468. The Balaban J connectivity index is 2.12. The fraction of sp³-hybridized carbons (Fsp3) is 0.250. The van der Waals surface area contributed by atoms with E-state index in [2.05, 4.69) is 64.9 Å². The van der Waals surface area contributed by atoms with Crippen LogP contribution in [0.15, 0.2) is 29.8 Å². The van der Waals surface area contributed by atoms with Crippen molar-refractivity contribution >= 4 is 39.6 Å². The third kappa shape index (κ3) is 2.74. The molecule has 1 heterocycles. The standard InChI is InChI=1S/C12H13IN2S/c1-8-3-4-10(7-11(8)13)15-9(2)12-14-5-6-16-12/h3-7,9,15H,1-2H3. The molecule has 2 aromatic rings. The molecule has 0 aliphatic carbocycles. The second-order valence-electron chi connectivity index (χ2n) is 3.70. The van der Waals surface area contributed by atoms with Crippen LogP contribution in [0.4, 0.5) is 5.69 Å². The molecule has 0 fully saturated rings. The lowest BCUT2D eigenvalue weighted by Crippen LogP contribution is -2.06. The van der Waals surface area contributed by atoms with E-state index in [1.54, 1.807) is 11.3 Å². The Morgan fingerprint density at radius 3 is 2.88 bits per heavy atom. The number of thiazole rings is 1. The number of nitrogens with zero attached hydrogens (tertiary/aromatic N) is 1. The maximum Gasteiger partial charge on any atom is 0.115 e. The molecule has 1 unspecified atom stereocenters. The zero-order valence-corrected chi connectivity index (χ0v) is 12.2. The van der Waals surface area contributed by atoms with Crippen LogP contribution in [0.3, 0.4) is 0 Å². The number of hydrogen-bond acceptors (Lipinski definition) is 3. The summed E-state index contributed by atoms with van der Waals surface area (Å²) in [6.07, 6.45) is 1.84. The topological polar surface area (TPSA) is 24.9 Å². The first-order chi connectivity index (χ1) is 7.66. The molecule has 2 rings (SSSR count). The maximum absolute atomic E-state index is 4.31. The summed E-state index contributed by atoms with van der Waals surface area (Å²) in [5.41, 5.74) is 2.46. The third-order valence-corrected chi connectivity index (χ3v) is 4.50. The third-order valence-electron chi connectivity index (χ3n) is 2.38. The monoisotopic (exact) mass is 344 g/mol. The van der Waals surface area contributed by atoms with E-state index >= 15 is 0 Å². The van der Waals surface area contributed by atoms with Gasteiger partial charge in [-0.25, -0.2) is 4.98 Å². The smallest absolute Gasteiger partial charge is 0.115 e. The molecule has 0 aliphatic rings. The predicted octanol–water partition coefficient (Wildman–Crippen LogP) is 4.23. The van der Waals surface area contributed by atoms with Crippen LogP contribution in [0.2, 0.25) is 0 Å². The van der Waals surface area contributed by atoms with E-state index in [1.807, 2.05) is 11.6 Å². The molecule has 0 saturated heterocycles. The summed E-state index contributed by atoms with van der Waals surface area (Å²) in [6.45, 7) is 4.25. The van der Waals surface area contributed by atoms with Gasteiger partial charge in [-0.1, -0.05) is 6.07 Å². The highest BCUT2D eigenvalue weighted by Crippen LogP contribution is 2.23. The van der Waals surface area contributed by atoms with Gasteiger partial charge in [-0.15, -0.1) is 11.3 Å². The van der Waals surface area contributed by atoms with Crippen molar-refractivity contribution in [2.45, 2.75) is 19.9 Å². The Morgan fingerprint density at radius 2 is 2.25 bits per heavy atom. The Kier molecular flexibility index (Phi) is 3.81. The van der Waals surface area contributed by atoms with Gasteiger partial charge in [0.15, 0.2) is 0 Å². The van der Waals surface area contributed by atoms with Crippen molar-refractivity contribution in [3.63, 3.8) is 0 Å². The van der Waals surface area contributed by atoms with Crippen LogP contribution in [0.1, 0.15) is 23.5 Å². The summed E-state index contributed by atoms with van der Waals surface area (Å²) >= 11 is 4.04. The number of benzene rings is 1. The van der Waals surface area contributed by atoms with Gasteiger partial charge in [0, 0.05) is 20.8 Å². The molecule has 16 heavy (non-hydrogen) atoms. The van der Waals surface area contributed by atoms with Crippen molar-refractivity contribution in [2.75, 3.05) is 5.32 Å². The quantitative estimate of drug-likeness (QED) is 0.843. The summed E-state index contributed by atoms with van der Waals surface area (Å²) in [5.74, 6) is 0. The van der Waals surface area contributed by atoms with Crippen LogP contribution in [-0.2, 0) is 0 Å². The van der Waals surface area contributed by atoms with E-state index in [9.17, 15) is 0 Å². The van der Waals surface area contributed by atoms with Crippen LogP contribution in [-0.4, -0.2) is 4.98 Å². The van der Waals surface area contributed by atoms with Crippen molar-refractivity contribution in [2.24, 2.45) is 0 Å². The molecule has 0 radical (unpaired) electrons. The zero-order chi connectivity index (χ0) is 11.5. The molecule has 2 nitrogen and oxygen atoms in total. The number of anilines is 1. The molecular formula is C12H13IN2S. The number of aryl methyl sites for hydroxylation is 1. The number of halogens is 1. The van der Waals surface area contributed by atoms with Gasteiger partial charge in [0.05, 0.1) is 6.04 Å². The zero-order valence-electron chi connectivity index (χ0n) is 9.20. The van der Waals surface area contributed by atoms with Crippen molar-refractivity contribution in [3.8, 4) is 0 Å². The van der Waals surface area contributed by atoms with E-state index in [1.165, 1.54) is 9.13 Å². The lowest BCUT2D eigenvalue weighted by Gasteiger charge is -2.13. The minimum absolute atomic E-state index is 0.263. The van der Waals surface area contributed by atoms with Crippen molar-refractivity contribution < 1.29 is 0 Å². The Labute approximate surface area is 113 Å². The van der Waals surface area contributed by atoms with Crippen molar-refractivity contribution in [1.29, 1.82) is 0 Å². The van der Waals surface area contributed by atoms with Crippen LogP contribution in [0.25, 0.3) is 0 Å². The molecule has 0 saturated carbocycles. The minimum Gasteiger partial charge on any atom is -0.376 e. The second-order valence-corrected chi connectivity index (χ2v) is 5.79. The van der Waals surface area contributed by atoms with Crippen LogP contribution in [0, 0.1) is 10.5 Å². The van der Waals surface area contributed by atoms with Gasteiger partial charge >= 0.3 is 0 Å². The van der Waals surface area contributed by atoms with E-state index in [0.717, 1.165) is 10.7 Å². The normalized spacial score (nSPS) is 12.4. The molecule has 1 N–H and O–H groups in total. The Morgan fingerprint density at radius 1 is 1.44 bits per heavy atom. The summed E-state index contributed by atoms with van der Waals surface area (Å²) in [6, 6.07) is 6.68. The molecule has 1 aromatic carbocycles. The highest BCUT2D eigenvalue weighted by molar-refractivity contribution is 14.1. The predicted molar refractivity (Wildman–Crippen MR) is 78.0 cm³/mol. The van der Waals surface area contributed by atoms with Gasteiger partial charge in [-0.05, 0) is 54.1 Å². The fourth-order valence-electron chi connectivity index (χ4n) is 1.44. The number of nitrogens with one attached hydrogen (secondary N) is 1. The van der Waals surface area contributed by atoms with Gasteiger partial charge in [0.2, 0.25) is 0 Å². The van der Waals surface area contributed by atoms with E-state index in [0.29, 0.717) is 0 Å². The SMILES string of the molecule is Cc1ccc(NC(C)c2nccs2)cc1I. The lowest BCUT2D eigenvalue weighted by atomic mass is 10.2. The van der Waals surface area contributed by atoms with Gasteiger partial charge in [-0.2, -0.15) is 0 Å². The van der Waals surface area contributed by atoms with Crippen LogP contribution in [0.5, 0.6) is 0 Å². The molecule has 0 amide bonds. The van der Waals surface area contributed by atoms with E-state index in [-0.39, 0.29) is 6.04 Å².